The SMILES string of the molecule is O=C(NCCO)c1cccc(-c2cncc(N3CCN(Cc4ccccn4)CC3)n2)c1. The summed E-state index contributed by atoms with van der Waals surface area (Å²) in [6, 6.07) is 13.3. The molecule has 0 radical (unpaired) electrons. The van der Waals surface area contributed by atoms with E-state index in [9.17, 15) is 4.79 Å². The fourth-order valence-corrected chi connectivity index (χ4v) is 3.59. The van der Waals surface area contributed by atoms with Crippen molar-refractivity contribution in [3.05, 3.63) is 72.3 Å². The lowest BCUT2D eigenvalue weighted by Gasteiger charge is -2.35. The largest absolute Gasteiger partial charge is 0.395 e. The summed E-state index contributed by atoms with van der Waals surface area (Å²) in [5.41, 5.74) is 3.17. The molecule has 1 aliphatic rings. The lowest BCUT2D eigenvalue weighted by atomic mass is 10.1. The third kappa shape index (κ3) is 5.42. The molecule has 1 amide bonds. The molecule has 1 saturated heterocycles. The van der Waals surface area contributed by atoms with E-state index in [2.05, 4.69) is 31.2 Å². The van der Waals surface area contributed by atoms with E-state index in [1.165, 1.54) is 0 Å². The van der Waals surface area contributed by atoms with Gasteiger partial charge < -0.3 is 15.3 Å². The van der Waals surface area contributed by atoms with Crippen LogP contribution < -0.4 is 10.2 Å². The molecule has 0 bridgehead atoms. The standard InChI is InChI=1S/C23H26N6O2/c30-13-8-26-23(31)19-5-3-4-18(14-19)21-15-24-16-22(27-21)29-11-9-28(10-12-29)17-20-6-1-2-7-25-20/h1-7,14-16,30H,8-13,17H2,(H,26,31). The molecular weight excluding hydrogens is 392 g/mol. The van der Waals surface area contributed by atoms with Crippen LogP contribution in [0.4, 0.5) is 5.82 Å². The lowest BCUT2D eigenvalue weighted by Crippen LogP contribution is -2.46. The van der Waals surface area contributed by atoms with Crippen molar-refractivity contribution in [1.82, 2.24) is 25.2 Å². The van der Waals surface area contributed by atoms with Crippen molar-refractivity contribution in [2.45, 2.75) is 6.54 Å². The molecule has 0 saturated carbocycles. The first kappa shape index (κ1) is 20.9. The van der Waals surface area contributed by atoms with Crippen molar-refractivity contribution >= 4 is 11.7 Å². The predicted octanol–water partition coefficient (Wildman–Crippen LogP) is 1.58. The molecule has 1 fully saturated rings. The van der Waals surface area contributed by atoms with Crippen molar-refractivity contribution < 1.29 is 9.90 Å². The fourth-order valence-electron chi connectivity index (χ4n) is 3.59. The summed E-state index contributed by atoms with van der Waals surface area (Å²) in [5.74, 6) is 0.620. The van der Waals surface area contributed by atoms with Crippen LogP contribution in [0.2, 0.25) is 0 Å². The molecule has 4 rings (SSSR count). The number of hydrogen-bond acceptors (Lipinski definition) is 7. The average Bonchev–Trinajstić information content (AvgIpc) is 2.84. The van der Waals surface area contributed by atoms with Gasteiger partial charge in [-0.25, -0.2) is 4.98 Å². The Kier molecular flexibility index (Phi) is 6.81. The van der Waals surface area contributed by atoms with E-state index in [4.69, 9.17) is 10.1 Å². The number of hydrogen-bond donors (Lipinski definition) is 2. The molecule has 3 aromatic rings. The second-order valence-corrected chi connectivity index (χ2v) is 7.41. The van der Waals surface area contributed by atoms with Gasteiger partial charge in [0.1, 0.15) is 5.82 Å². The van der Waals surface area contributed by atoms with Crippen LogP contribution in [0.15, 0.2) is 61.1 Å². The van der Waals surface area contributed by atoms with Gasteiger partial charge in [0.2, 0.25) is 0 Å². The summed E-state index contributed by atoms with van der Waals surface area (Å²) in [5, 5.41) is 11.6. The monoisotopic (exact) mass is 418 g/mol. The van der Waals surface area contributed by atoms with Crippen LogP contribution in [-0.2, 0) is 6.54 Å². The Morgan fingerprint density at radius 2 is 1.94 bits per heavy atom. The van der Waals surface area contributed by atoms with Crippen LogP contribution in [-0.4, -0.2) is 70.2 Å². The van der Waals surface area contributed by atoms with E-state index in [1.807, 2.05) is 30.5 Å². The highest BCUT2D eigenvalue weighted by atomic mass is 16.3. The van der Waals surface area contributed by atoms with Gasteiger partial charge in [0, 0.05) is 56.6 Å². The maximum atomic E-state index is 12.2. The molecule has 0 unspecified atom stereocenters. The summed E-state index contributed by atoms with van der Waals surface area (Å²) in [4.78, 5) is 30.4. The number of aliphatic hydroxyl groups excluding tert-OH is 1. The minimum atomic E-state index is -0.218. The Balaban J connectivity index is 1.42. The average molecular weight is 419 g/mol. The summed E-state index contributed by atoms with van der Waals surface area (Å²) in [7, 11) is 0. The smallest absolute Gasteiger partial charge is 0.251 e. The second kappa shape index (κ2) is 10.1. The number of aromatic nitrogens is 3. The quantitative estimate of drug-likeness (QED) is 0.602. The van der Waals surface area contributed by atoms with Gasteiger partial charge in [-0.3, -0.25) is 19.7 Å². The van der Waals surface area contributed by atoms with Gasteiger partial charge in [0.15, 0.2) is 0 Å². The number of nitrogens with one attached hydrogen (secondary N) is 1. The zero-order valence-corrected chi connectivity index (χ0v) is 17.3. The van der Waals surface area contributed by atoms with E-state index >= 15 is 0 Å². The van der Waals surface area contributed by atoms with Crippen LogP contribution >= 0.6 is 0 Å². The minimum absolute atomic E-state index is 0.0892. The van der Waals surface area contributed by atoms with Crippen LogP contribution in [0.3, 0.4) is 0 Å². The molecule has 2 N–H and O–H groups in total. The Bertz CT molecular complexity index is 1010. The first-order valence-electron chi connectivity index (χ1n) is 10.4. The summed E-state index contributed by atoms with van der Waals surface area (Å²) >= 11 is 0. The number of carbonyl (C=O) groups excluding carboxylic acids is 1. The highest BCUT2D eigenvalue weighted by molar-refractivity contribution is 5.95. The van der Waals surface area contributed by atoms with Crippen LogP contribution in [0.1, 0.15) is 16.1 Å². The van der Waals surface area contributed by atoms with Crippen molar-refractivity contribution in [3.8, 4) is 11.3 Å². The molecule has 31 heavy (non-hydrogen) atoms. The second-order valence-electron chi connectivity index (χ2n) is 7.41. The van der Waals surface area contributed by atoms with Crippen molar-refractivity contribution in [2.75, 3.05) is 44.2 Å². The zero-order valence-electron chi connectivity index (χ0n) is 17.3. The maximum Gasteiger partial charge on any atom is 0.251 e. The van der Waals surface area contributed by atoms with Gasteiger partial charge in [-0.15, -0.1) is 0 Å². The molecule has 3 heterocycles. The van der Waals surface area contributed by atoms with Gasteiger partial charge in [-0.1, -0.05) is 18.2 Å². The van der Waals surface area contributed by atoms with E-state index in [0.717, 1.165) is 55.5 Å². The number of rotatable bonds is 7. The maximum absolute atomic E-state index is 12.2. The van der Waals surface area contributed by atoms with Crippen LogP contribution in [0.25, 0.3) is 11.3 Å². The number of carbonyl (C=O) groups is 1. The third-order valence-corrected chi connectivity index (χ3v) is 5.25. The molecule has 1 aliphatic heterocycles. The molecule has 1 aromatic carbocycles. The molecule has 8 nitrogen and oxygen atoms in total. The number of nitrogens with zero attached hydrogens (tertiary/aromatic N) is 5. The van der Waals surface area contributed by atoms with Gasteiger partial charge in [0.05, 0.1) is 30.4 Å². The first-order valence-corrected chi connectivity index (χ1v) is 10.4. The van der Waals surface area contributed by atoms with Crippen LogP contribution in [0.5, 0.6) is 0 Å². The van der Waals surface area contributed by atoms with Gasteiger partial charge >= 0.3 is 0 Å². The van der Waals surface area contributed by atoms with Gasteiger partial charge in [-0.2, -0.15) is 0 Å². The van der Waals surface area contributed by atoms with Gasteiger partial charge in [0.25, 0.3) is 5.91 Å². The van der Waals surface area contributed by atoms with Crippen LogP contribution in [0, 0.1) is 0 Å². The fraction of sp³-hybridized carbons (Fsp3) is 0.304. The molecule has 160 valence electrons. The number of amides is 1. The molecule has 2 aromatic heterocycles. The molecule has 0 atom stereocenters. The van der Waals surface area contributed by atoms with E-state index in [0.29, 0.717) is 5.56 Å². The lowest BCUT2D eigenvalue weighted by molar-refractivity contribution is 0.0945. The van der Waals surface area contributed by atoms with Crippen molar-refractivity contribution in [2.24, 2.45) is 0 Å². The normalized spacial score (nSPS) is 14.4. The molecule has 8 heteroatoms. The molecular formula is C23H26N6O2. The Morgan fingerprint density at radius 3 is 2.71 bits per heavy atom. The summed E-state index contributed by atoms with van der Waals surface area (Å²) in [6.45, 7) is 4.60. The first-order chi connectivity index (χ1) is 15.2. The van der Waals surface area contributed by atoms with Crippen molar-refractivity contribution in [1.29, 1.82) is 0 Å². The zero-order chi connectivity index (χ0) is 21.5. The Labute approximate surface area is 181 Å². The van der Waals surface area contributed by atoms with Gasteiger partial charge in [-0.05, 0) is 24.3 Å². The Morgan fingerprint density at radius 1 is 1.06 bits per heavy atom. The van der Waals surface area contributed by atoms with Crippen molar-refractivity contribution in [3.63, 3.8) is 0 Å². The summed E-state index contributed by atoms with van der Waals surface area (Å²) < 4.78 is 0. The highest BCUT2D eigenvalue weighted by Gasteiger charge is 2.19. The number of aliphatic hydroxyl groups is 1. The predicted molar refractivity (Wildman–Crippen MR) is 119 cm³/mol. The third-order valence-electron chi connectivity index (χ3n) is 5.25. The van der Waals surface area contributed by atoms with E-state index < -0.39 is 0 Å². The number of pyridine rings is 1. The summed E-state index contributed by atoms with van der Waals surface area (Å²) in [6.07, 6.45) is 5.33. The number of piperazine rings is 1. The molecule has 0 aliphatic carbocycles. The van der Waals surface area contributed by atoms with E-state index in [1.54, 1.807) is 24.5 Å². The Hall–Kier alpha value is -3.36. The minimum Gasteiger partial charge on any atom is -0.395 e. The molecule has 0 spiro atoms. The van der Waals surface area contributed by atoms with E-state index in [-0.39, 0.29) is 19.1 Å². The topological polar surface area (TPSA) is 94.5 Å². The highest BCUT2D eigenvalue weighted by Crippen LogP contribution is 2.21. The number of benzene rings is 1. The number of anilines is 1.